The van der Waals surface area contributed by atoms with Crippen molar-refractivity contribution in [2.24, 2.45) is 5.73 Å². The van der Waals surface area contributed by atoms with Crippen LogP contribution in [0.3, 0.4) is 0 Å². The Labute approximate surface area is 130 Å². The van der Waals surface area contributed by atoms with Crippen LogP contribution in [0.2, 0.25) is 0 Å². The third-order valence-corrected chi connectivity index (χ3v) is 4.30. The molecule has 1 unspecified atom stereocenters. The van der Waals surface area contributed by atoms with E-state index in [9.17, 15) is 4.79 Å². The summed E-state index contributed by atoms with van der Waals surface area (Å²) >= 11 is 0. The van der Waals surface area contributed by atoms with E-state index in [1.165, 1.54) is 11.1 Å². The topological polar surface area (TPSA) is 62.5 Å². The zero-order chi connectivity index (χ0) is 15.7. The standard InChI is InChI=1S/C17H22N4O/c1-12-11-20(8-9-21(12)17(22)13(2)18)16-5-3-4-14-10-19-7-6-15(14)16/h3-7,10,12-13H,8-9,11,18H2,1-2H3/t12?,13-/m0/s1. The number of nitrogens with two attached hydrogens (primary N) is 1. The average Bonchev–Trinajstić information content (AvgIpc) is 2.53. The normalized spacial score (nSPS) is 20.2. The highest BCUT2D eigenvalue weighted by molar-refractivity contribution is 5.93. The summed E-state index contributed by atoms with van der Waals surface area (Å²) in [4.78, 5) is 20.6. The first-order valence-electron chi connectivity index (χ1n) is 7.71. The molecule has 1 amide bonds. The highest BCUT2D eigenvalue weighted by Gasteiger charge is 2.29. The van der Waals surface area contributed by atoms with Crippen LogP contribution in [0, 0.1) is 0 Å². The Kier molecular flexibility index (Phi) is 3.98. The Morgan fingerprint density at radius 1 is 1.36 bits per heavy atom. The first-order valence-corrected chi connectivity index (χ1v) is 7.71. The number of carbonyl (C=O) groups excluding carboxylic acids is 1. The molecule has 1 aliphatic heterocycles. The third-order valence-electron chi connectivity index (χ3n) is 4.30. The van der Waals surface area contributed by atoms with Crippen molar-refractivity contribution >= 4 is 22.4 Å². The largest absolute Gasteiger partial charge is 0.367 e. The third kappa shape index (κ3) is 2.64. The smallest absolute Gasteiger partial charge is 0.239 e. The number of fused-ring (bicyclic) bond motifs is 1. The van der Waals surface area contributed by atoms with Gasteiger partial charge in [-0.1, -0.05) is 12.1 Å². The quantitative estimate of drug-likeness (QED) is 0.915. The van der Waals surface area contributed by atoms with Crippen molar-refractivity contribution in [3.05, 3.63) is 36.7 Å². The molecule has 0 saturated carbocycles. The number of aromatic nitrogens is 1. The van der Waals surface area contributed by atoms with Gasteiger partial charge in [0.2, 0.25) is 5.91 Å². The van der Waals surface area contributed by atoms with Crippen molar-refractivity contribution < 1.29 is 4.79 Å². The summed E-state index contributed by atoms with van der Waals surface area (Å²) in [5, 5.41) is 2.35. The van der Waals surface area contributed by atoms with Crippen LogP contribution in [0.5, 0.6) is 0 Å². The van der Waals surface area contributed by atoms with E-state index in [2.05, 4.69) is 41.1 Å². The monoisotopic (exact) mass is 298 g/mol. The second kappa shape index (κ2) is 5.93. The van der Waals surface area contributed by atoms with E-state index in [0.29, 0.717) is 6.54 Å². The van der Waals surface area contributed by atoms with Crippen molar-refractivity contribution in [2.45, 2.75) is 25.9 Å². The molecule has 0 radical (unpaired) electrons. The van der Waals surface area contributed by atoms with Gasteiger partial charge in [-0.3, -0.25) is 9.78 Å². The van der Waals surface area contributed by atoms with Crippen molar-refractivity contribution in [1.82, 2.24) is 9.88 Å². The predicted octanol–water partition coefficient (Wildman–Crippen LogP) is 1.62. The molecule has 5 nitrogen and oxygen atoms in total. The summed E-state index contributed by atoms with van der Waals surface area (Å²) < 4.78 is 0. The molecular formula is C17H22N4O. The van der Waals surface area contributed by atoms with Crippen LogP contribution in [0.4, 0.5) is 5.69 Å². The van der Waals surface area contributed by atoms with Crippen LogP contribution in [0.15, 0.2) is 36.7 Å². The summed E-state index contributed by atoms with van der Waals surface area (Å²) in [6.45, 7) is 6.19. The molecule has 2 atom stereocenters. The van der Waals surface area contributed by atoms with E-state index in [4.69, 9.17) is 5.73 Å². The second-order valence-corrected chi connectivity index (χ2v) is 5.99. The molecule has 2 heterocycles. The Morgan fingerprint density at radius 3 is 2.91 bits per heavy atom. The van der Waals surface area contributed by atoms with E-state index >= 15 is 0 Å². The van der Waals surface area contributed by atoms with E-state index in [1.807, 2.05) is 17.3 Å². The van der Waals surface area contributed by atoms with Crippen LogP contribution in [-0.4, -0.2) is 47.5 Å². The Morgan fingerprint density at radius 2 is 2.18 bits per heavy atom. The van der Waals surface area contributed by atoms with Gasteiger partial charge in [0, 0.05) is 54.5 Å². The fourth-order valence-corrected chi connectivity index (χ4v) is 3.15. The van der Waals surface area contributed by atoms with Crippen molar-refractivity contribution in [2.75, 3.05) is 24.5 Å². The van der Waals surface area contributed by atoms with Crippen molar-refractivity contribution in [3.8, 4) is 0 Å². The van der Waals surface area contributed by atoms with Crippen LogP contribution < -0.4 is 10.6 Å². The molecule has 1 aliphatic rings. The SMILES string of the molecule is CC1CN(c2cccc3cnccc23)CCN1C(=O)[C@H](C)N. The molecule has 1 aromatic carbocycles. The van der Waals surface area contributed by atoms with Gasteiger partial charge in [-0.2, -0.15) is 0 Å². The minimum atomic E-state index is -0.433. The first kappa shape index (κ1) is 14.8. The lowest BCUT2D eigenvalue weighted by Gasteiger charge is -2.42. The predicted molar refractivity (Wildman–Crippen MR) is 88.8 cm³/mol. The number of carbonyl (C=O) groups is 1. The van der Waals surface area contributed by atoms with E-state index in [0.717, 1.165) is 18.5 Å². The maximum Gasteiger partial charge on any atom is 0.239 e. The fraction of sp³-hybridized carbons (Fsp3) is 0.412. The highest BCUT2D eigenvalue weighted by Crippen LogP contribution is 2.28. The lowest BCUT2D eigenvalue weighted by atomic mass is 10.1. The molecule has 0 bridgehead atoms. The zero-order valence-electron chi connectivity index (χ0n) is 13.1. The summed E-state index contributed by atoms with van der Waals surface area (Å²) in [6.07, 6.45) is 3.71. The molecule has 116 valence electrons. The second-order valence-electron chi connectivity index (χ2n) is 5.99. The zero-order valence-corrected chi connectivity index (χ0v) is 13.1. The van der Waals surface area contributed by atoms with E-state index < -0.39 is 6.04 Å². The number of pyridine rings is 1. The van der Waals surface area contributed by atoms with Gasteiger partial charge in [-0.05, 0) is 26.0 Å². The van der Waals surface area contributed by atoms with Gasteiger partial charge in [-0.25, -0.2) is 0 Å². The van der Waals surface area contributed by atoms with Crippen LogP contribution in [0.25, 0.3) is 10.8 Å². The van der Waals surface area contributed by atoms with Gasteiger partial charge in [0.25, 0.3) is 0 Å². The number of hydrogen-bond acceptors (Lipinski definition) is 4. The number of hydrogen-bond donors (Lipinski definition) is 1. The summed E-state index contributed by atoms with van der Waals surface area (Å²) in [7, 11) is 0. The molecule has 0 aliphatic carbocycles. The van der Waals surface area contributed by atoms with Gasteiger partial charge in [-0.15, -0.1) is 0 Å². The molecule has 0 spiro atoms. The lowest BCUT2D eigenvalue weighted by molar-refractivity contribution is -0.134. The van der Waals surface area contributed by atoms with Gasteiger partial charge in [0.15, 0.2) is 0 Å². The number of anilines is 1. The van der Waals surface area contributed by atoms with Gasteiger partial charge >= 0.3 is 0 Å². The number of nitrogens with zero attached hydrogens (tertiary/aromatic N) is 3. The van der Waals surface area contributed by atoms with Crippen molar-refractivity contribution in [3.63, 3.8) is 0 Å². The molecule has 1 aromatic heterocycles. The first-order chi connectivity index (χ1) is 10.6. The molecule has 1 saturated heterocycles. The minimum absolute atomic E-state index is 0.0364. The molecule has 3 rings (SSSR count). The summed E-state index contributed by atoms with van der Waals surface area (Å²) in [5.74, 6) is 0.0364. The van der Waals surface area contributed by atoms with E-state index in [-0.39, 0.29) is 11.9 Å². The Bertz CT molecular complexity index is 680. The highest BCUT2D eigenvalue weighted by atomic mass is 16.2. The van der Waals surface area contributed by atoms with Crippen LogP contribution in [-0.2, 0) is 4.79 Å². The minimum Gasteiger partial charge on any atom is -0.367 e. The fourth-order valence-electron chi connectivity index (χ4n) is 3.15. The maximum absolute atomic E-state index is 12.1. The molecular weight excluding hydrogens is 276 g/mol. The van der Waals surface area contributed by atoms with Gasteiger partial charge in [0.05, 0.1) is 6.04 Å². The Hall–Kier alpha value is -2.14. The van der Waals surface area contributed by atoms with Gasteiger partial charge < -0.3 is 15.5 Å². The molecule has 2 aromatic rings. The van der Waals surface area contributed by atoms with Crippen LogP contribution >= 0.6 is 0 Å². The maximum atomic E-state index is 12.1. The molecule has 2 N–H and O–H groups in total. The lowest BCUT2D eigenvalue weighted by Crippen LogP contribution is -2.57. The molecule has 22 heavy (non-hydrogen) atoms. The summed E-state index contributed by atoms with van der Waals surface area (Å²) in [6, 6.07) is 8.05. The van der Waals surface area contributed by atoms with Crippen molar-refractivity contribution in [1.29, 1.82) is 0 Å². The average molecular weight is 298 g/mol. The summed E-state index contributed by atoms with van der Waals surface area (Å²) in [5.41, 5.74) is 6.95. The molecule has 5 heteroatoms. The Balaban J connectivity index is 1.84. The number of amides is 1. The van der Waals surface area contributed by atoms with E-state index in [1.54, 1.807) is 6.92 Å². The number of piperazine rings is 1. The van der Waals surface area contributed by atoms with Gasteiger partial charge in [0.1, 0.15) is 0 Å². The molecule has 1 fully saturated rings. The van der Waals surface area contributed by atoms with Crippen LogP contribution in [0.1, 0.15) is 13.8 Å². The number of benzene rings is 1. The number of rotatable bonds is 2.